The van der Waals surface area contributed by atoms with E-state index in [-0.39, 0.29) is 5.78 Å². The second-order valence-electron chi connectivity index (χ2n) is 7.19. The summed E-state index contributed by atoms with van der Waals surface area (Å²) in [6.45, 7) is 2.74. The summed E-state index contributed by atoms with van der Waals surface area (Å²) < 4.78 is 0. The molecule has 0 spiro atoms. The fraction of sp³-hybridized carbons (Fsp3) is 0.261. The maximum absolute atomic E-state index is 12.8. The van der Waals surface area contributed by atoms with Gasteiger partial charge in [-0.05, 0) is 55.2 Å². The number of ketones is 1. The molecule has 0 unspecified atom stereocenters. The number of hydrogen-bond acceptors (Lipinski definition) is 3. The molecule has 0 bridgehead atoms. The van der Waals surface area contributed by atoms with Crippen LogP contribution in [0.4, 0.5) is 5.82 Å². The lowest BCUT2D eigenvalue weighted by Gasteiger charge is -2.12. The Morgan fingerprint density at radius 3 is 2.83 bits per heavy atom. The first-order chi connectivity index (χ1) is 14.2. The van der Waals surface area contributed by atoms with E-state index >= 15 is 0 Å². The van der Waals surface area contributed by atoms with Gasteiger partial charge in [0.2, 0.25) is 0 Å². The summed E-state index contributed by atoms with van der Waals surface area (Å²) in [6.07, 6.45) is 4.90. The molecule has 5 nitrogen and oxygen atoms in total. The van der Waals surface area contributed by atoms with Crippen LogP contribution in [0.15, 0.2) is 48.7 Å². The number of carbonyl (C=O) groups excluding carboxylic acids is 1. The average Bonchev–Trinajstić information content (AvgIpc) is 3.09. The highest BCUT2D eigenvalue weighted by Crippen LogP contribution is 2.35. The SMILES string of the molecule is CCNC(=S)Nc1cc(-c2[nH]c3c(c2Cc2ccccc2)C(=O)CCC3)ccn1. The Kier molecular flexibility index (Phi) is 5.71. The summed E-state index contributed by atoms with van der Waals surface area (Å²) in [5.74, 6) is 0.915. The highest BCUT2D eigenvalue weighted by molar-refractivity contribution is 7.80. The van der Waals surface area contributed by atoms with Gasteiger partial charge in [0.05, 0.1) is 5.69 Å². The third-order valence-electron chi connectivity index (χ3n) is 5.14. The zero-order chi connectivity index (χ0) is 20.2. The normalized spacial score (nSPS) is 13.1. The number of Topliss-reactive ketones (excluding diaryl/α,β-unsaturated/α-hetero) is 1. The van der Waals surface area contributed by atoms with Gasteiger partial charge in [0.25, 0.3) is 0 Å². The molecule has 29 heavy (non-hydrogen) atoms. The zero-order valence-corrected chi connectivity index (χ0v) is 17.2. The lowest BCUT2D eigenvalue weighted by atomic mass is 9.90. The number of rotatable bonds is 5. The third kappa shape index (κ3) is 4.22. The molecule has 2 aromatic heterocycles. The van der Waals surface area contributed by atoms with Gasteiger partial charge in [-0.3, -0.25) is 4.79 Å². The van der Waals surface area contributed by atoms with Gasteiger partial charge >= 0.3 is 0 Å². The molecule has 3 aromatic rings. The molecule has 3 N–H and O–H groups in total. The van der Waals surface area contributed by atoms with E-state index in [9.17, 15) is 4.79 Å². The van der Waals surface area contributed by atoms with Crippen molar-refractivity contribution in [1.82, 2.24) is 15.3 Å². The van der Waals surface area contributed by atoms with Crippen molar-refractivity contribution >= 4 is 28.9 Å². The Hall–Kier alpha value is -2.99. The number of pyridine rings is 1. The molecule has 0 saturated heterocycles. The number of carbonyl (C=O) groups is 1. The summed E-state index contributed by atoms with van der Waals surface area (Å²) in [7, 11) is 0. The van der Waals surface area contributed by atoms with Crippen molar-refractivity contribution in [3.8, 4) is 11.3 Å². The Morgan fingerprint density at radius 2 is 2.03 bits per heavy atom. The number of benzene rings is 1. The van der Waals surface area contributed by atoms with Gasteiger partial charge in [-0.1, -0.05) is 30.3 Å². The number of aryl methyl sites for hydroxylation is 1. The van der Waals surface area contributed by atoms with Crippen molar-refractivity contribution in [2.45, 2.75) is 32.6 Å². The first-order valence-electron chi connectivity index (χ1n) is 9.97. The maximum Gasteiger partial charge on any atom is 0.171 e. The number of nitrogens with zero attached hydrogens (tertiary/aromatic N) is 1. The van der Waals surface area contributed by atoms with Crippen molar-refractivity contribution in [2.75, 3.05) is 11.9 Å². The van der Waals surface area contributed by atoms with E-state index in [2.05, 4.69) is 32.7 Å². The van der Waals surface area contributed by atoms with Crippen LogP contribution >= 0.6 is 12.2 Å². The van der Waals surface area contributed by atoms with Crippen LogP contribution in [0.2, 0.25) is 0 Å². The largest absolute Gasteiger partial charge is 0.363 e. The van der Waals surface area contributed by atoms with Gasteiger partial charge in [0.15, 0.2) is 10.9 Å². The van der Waals surface area contributed by atoms with Gasteiger partial charge in [-0.2, -0.15) is 0 Å². The van der Waals surface area contributed by atoms with E-state index < -0.39 is 0 Å². The number of nitrogens with one attached hydrogen (secondary N) is 3. The molecule has 0 amide bonds. The summed E-state index contributed by atoms with van der Waals surface area (Å²) >= 11 is 5.28. The number of aromatic nitrogens is 2. The molecule has 4 rings (SSSR count). The molecule has 1 aliphatic rings. The predicted octanol–water partition coefficient (Wildman–Crippen LogP) is 4.49. The number of anilines is 1. The molecule has 0 fully saturated rings. The summed E-state index contributed by atoms with van der Waals surface area (Å²) in [4.78, 5) is 20.7. The van der Waals surface area contributed by atoms with Crippen molar-refractivity contribution < 1.29 is 4.79 Å². The minimum Gasteiger partial charge on any atom is -0.363 e. The van der Waals surface area contributed by atoms with Crippen LogP contribution in [0.5, 0.6) is 0 Å². The van der Waals surface area contributed by atoms with Crippen LogP contribution in [0.3, 0.4) is 0 Å². The molecule has 148 valence electrons. The van der Waals surface area contributed by atoms with E-state index in [0.717, 1.165) is 47.5 Å². The first kappa shape index (κ1) is 19.3. The third-order valence-corrected chi connectivity index (χ3v) is 5.39. The molecule has 0 radical (unpaired) electrons. The van der Waals surface area contributed by atoms with Crippen LogP contribution < -0.4 is 10.6 Å². The molecule has 0 saturated carbocycles. The van der Waals surface area contributed by atoms with E-state index in [1.165, 1.54) is 5.56 Å². The van der Waals surface area contributed by atoms with Gasteiger partial charge in [-0.15, -0.1) is 0 Å². The molecular weight excluding hydrogens is 380 g/mol. The molecule has 1 aromatic carbocycles. The topological polar surface area (TPSA) is 69.8 Å². The summed E-state index contributed by atoms with van der Waals surface area (Å²) in [5.41, 5.74) is 6.18. The average molecular weight is 405 g/mol. The number of thiocarbonyl (C=S) groups is 1. The lowest BCUT2D eigenvalue weighted by molar-refractivity contribution is 0.0971. The van der Waals surface area contributed by atoms with Crippen LogP contribution in [0.1, 0.15) is 46.9 Å². The Bertz CT molecular complexity index is 1040. The Balaban J connectivity index is 1.75. The molecular formula is C23H24N4OS. The number of aromatic amines is 1. The summed E-state index contributed by atoms with van der Waals surface area (Å²) in [5, 5.41) is 6.74. The minimum atomic E-state index is 0.236. The number of H-pyrrole nitrogens is 1. The monoisotopic (exact) mass is 404 g/mol. The van der Waals surface area contributed by atoms with Crippen LogP contribution in [0, 0.1) is 0 Å². The zero-order valence-electron chi connectivity index (χ0n) is 16.4. The number of hydrogen-bond donors (Lipinski definition) is 3. The first-order valence-corrected chi connectivity index (χ1v) is 10.4. The van der Waals surface area contributed by atoms with Gasteiger partial charge in [0, 0.05) is 42.4 Å². The molecule has 0 atom stereocenters. The van der Waals surface area contributed by atoms with Crippen molar-refractivity contribution in [2.24, 2.45) is 0 Å². The Morgan fingerprint density at radius 1 is 1.21 bits per heavy atom. The fourth-order valence-electron chi connectivity index (χ4n) is 3.87. The van der Waals surface area contributed by atoms with Crippen molar-refractivity contribution in [1.29, 1.82) is 0 Å². The quantitative estimate of drug-likeness (QED) is 0.547. The van der Waals surface area contributed by atoms with E-state index in [1.54, 1.807) is 6.20 Å². The summed E-state index contributed by atoms with van der Waals surface area (Å²) in [6, 6.07) is 14.2. The minimum absolute atomic E-state index is 0.236. The van der Waals surface area contributed by atoms with Crippen molar-refractivity contribution in [3.05, 3.63) is 71.0 Å². The van der Waals surface area contributed by atoms with Gasteiger partial charge in [-0.25, -0.2) is 4.98 Å². The predicted molar refractivity (Wildman–Crippen MR) is 120 cm³/mol. The van der Waals surface area contributed by atoms with Gasteiger partial charge < -0.3 is 15.6 Å². The van der Waals surface area contributed by atoms with Crippen LogP contribution in [0.25, 0.3) is 11.3 Å². The second kappa shape index (κ2) is 8.57. The Labute approximate surface area is 176 Å². The fourth-order valence-corrected chi connectivity index (χ4v) is 4.12. The van der Waals surface area contributed by atoms with E-state index in [0.29, 0.717) is 23.8 Å². The molecule has 0 aliphatic heterocycles. The molecule has 2 heterocycles. The van der Waals surface area contributed by atoms with E-state index in [1.807, 2.05) is 37.3 Å². The highest BCUT2D eigenvalue weighted by atomic mass is 32.1. The van der Waals surface area contributed by atoms with Crippen LogP contribution in [-0.2, 0) is 12.8 Å². The van der Waals surface area contributed by atoms with Gasteiger partial charge in [0.1, 0.15) is 5.82 Å². The second-order valence-corrected chi connectivity index (χ2v) is 7.59. The van der Waals surface area contributed by atoms with E-state index in [4.69, 9.17) is 12.2 Å². The maximum atomic E-state index is 12.8. The molecule has 1 aliphatic carbocycles. The smallest absolute Gasteiger partial charge is 0.171 e. The van der Waals surface area contributed by atoms with Crippen molar-refractivity contribution in [3.63, 3.8) is 0 Å². The number of fused-ring (bicyclic) bond motifs is 1. The van der Waals surface area contributed by atoms with Crippen LogP contribution in [-0.4, -0.2) is 27.4 Å². The highest BCUT2D eigenvalue weighted by Gasteiger charge is 2.26. The lowest BCUT2D eigenvalue weighted by Crippen LogP contribution is -2.28. The standard InChI is InChI=1S/C23H24N4OS/c1-2-24-23(29)27-20-14-16(11-12-25-20)22-17(13-15-7-4-3-5-8-15)21-18(26-22)9-6-10-19(21)28/h3-5,7-8,11-12,14,26H,2,6,9-10,13H2,1H3,(H2,24,25,27,29). The molecule has 6 heteroatoms.